The number of ether oxygens (including phenoxy) is 2. The Kier molecular flexibility index (Phi) is 6.64. The molecule has 0 aliphatic heterocycles. The second-order valence-electron chi connectivity index (χ2n) is 5.04. The second-order valence-corrected chi connectivity index (χ2v) is 5.04. The summed E-state index contributed by atoms with van der Waals surface area (Å²) in [6.07, 6.45) is 0. The number of carbonyl (C=O) groups excluding carboxylic acids is 2. The predicted octanol–water partition coefficient (Wildman–Crippen LogP) is 1.63. The van der Waals surface area contributed by atoms with Crippen molar-refractivity contribution < 1.29 is 32.7 Å². The first kappa shape index (κ1) is 19.6. The fourth-order valence-electron chi connectivity index (χ4n) is 1.84. The van der Waals surface area contributed by atoms with E-state index in [9.17, 15) is 18.4 Å². The van der Waals surface area contributed by atoms with E-state index >= 15 is 0 Å². The minimum Gasteiger partial charge on any atom is -0.484 e. The van der Waals surface area contributed by atoms with E-state index in [0.29, 0.717) is 11.3 Å². The van der Waals surface area contributed by atoms with E-state index in [2.05, 4.69) is 9.89 Å². The van der Waals surface area contributed by atoms with E-state index in [1.54, 1.807) is 12.1 Å². The third-order valence-electron chi connectivity index (χ3n) is 3.07. The molecule has 0 saturated carbocycles. The lowest BCUT2D eigenvalue weighted by Crippen LogP contribution is -2.20. The van der Waals surface area contributed by atoms with Gasteiger partial charge in [-0.1, -0.05) is 5.16 Å². The van der Waals surface area contributed by atoms with Crippen molar-refractivity contribution in [2.75, 3.05) is 6.61 Å². The largest absolute Gasteiger partial charge is 0.484 e. The van der Waals surface area contributed by atoms with Crippen LogP contribution >= 0.6 is 0 Å². The Balaban J connectivity index is 1.95. The van der Waals surface area contributed by atoms with Crippen LogP contribution in [0.1, 0.15) is 15.9 Å². The number of halogens is 2. The fraction of sp³-hybridized carbons (Fsp3) is 0.118. The number of nitrogens with zero attached hydrogens (tertiary/aromatic N) is 1. The summed E-state index contributed by atoms with van der Waals surface area (Å²) < 4.78 is 33.4. The fourth-order valence-corrected chi connectivity index (χ4v) is 1.84. The van der Waals surface area contributed by atoms with Crippen LogP contribution in [0.5, 0.6) is 11.5 Å². The van der Waals surface area contributed by atoms with Crippen molar-refractivity contribution in [2.45, 2.75) is 6.61 Å². The Morgan fingerprint density at radius 3 is 2.04 bits per heavy atom. The second kappa shape index (κ2) is 9.13. The third kappa shape index (κ3) is 6.27. The number of primary amides is 1. The predicted molar refractivity (Wildman–Crippen MR) is 90.3 cm³/mol. The molecule has 0 aliphatic carbocycles. The van der Waals surface area contributed by atoms with Crippen molar-refractivity contribution in [2.24, 2.45) is 16.6 Å². The van der Waals surface area contributed by atoms with Crippen molar-refractivity contribution >= 4 is 17.7 Å². The van der Waals surface area contributed by atoms with Crippen LogP contribution in [-0.2, 0) is 9.63 Å². The summed E-state index contributed by atoms with van der Waals surface area (Å²) in [5.74, 6) is -1.22. The van der Waals surface area contributed by atoms with Gasteiger partial charge in [0, 0.05) is 5.56 Å². The average molecular weight is 379 g/mol. The van der Waals surface area contributed by atoms with Gasteiger partial charge in [0.15, 0.2) is 12.4 Å². The quantitative estimate of drug-likeness (QED) is 0.311. The van der Waals surface area contributed by atoms with Crippen molar-refractivity contribution in [3.63, 3.8) is 0 Å². The highest BCUT2D eigenvalue weighted by Crippen LogP contribution is 2.16. The molecule has 0 fully saturated rings. The molecule has 142 valence electrons. The minimum atomic E-state index is -2.96. The van der Waals surface area contributed by atoms with Crippen molar-refractivity contribution in [1.29, 1.82) is 0 Å². The summed E-state index contributed by atoms with van der Waals surface area (Å²) in [5, 5.41) is 3.52. The molecular weight excluding hydrogens is 364 g/mol. The zero-order valence-electron chi connectivity index (χ0n) is 13.8. The van der Waals surface area contributed by atoms with E-state index in [0.717, 1.165) is 0 Å². The molecule has 0 bridgehead atoms. The molecule has 0 spiro atoms. The first-order chi connectivity index (χ1) is 12.8. The number of amidine groups is 1. The zero-order valence-corrected chi connectivity index (χ0v) is 13.8. The highest BCUT2D eigenvalue weighted by Gasteiger charge is 2.10. The number of hydrogen-bond donors (Lipinski definition) is 2. The Hall–Kier alpha value is -3.69. The lowest BCUT2D eigenvalue weighted by molar-refractivity contribution is -0.119. The number of hydrogen-bond acceptors (Lipinski definition) is 6. The summed E-state index contributed by atoms with van der Waals surface area (Å²) in [4.78, 5) is 27.2. The van der Waals surface area contributed by atoms with Crippen molar-refractivity contribution in [1.82, 2.24) is 0 Å². The molecule has 2 rings (SSSR count). The number of rotatable bonds is 8. The van der Waals surface area contributed by atoms with Crippen LogP contribution in [0.4, 0.5) is 8.78 Å². The van der Waals surface area contributed by atoms with Crippen LogP contribution in [0.15, 0.2) is 53.7 Å². The van der Waals surface area contributed by atoms with Gasteiger partial charge in [-0.05, 0) is 48.5 Å². The van der Waals surface area contributed by atoms with Crippen molar-refractivity contribution in [3.05, 3.63) is 59.7 Å². The zero-order chi connectivity index (χ0) is 19.8. The number of carbonyl (C=O) groups is 2. The molecule has 8 nitrogen and oxygen atoms in total. The van der Waals surface area contributed by atoms with Gasteiger partial charge in [-0.15, -0.1) is 0 Å². The molecule has 1 amide bonds. The summed E-state index contributed by atoms with van der Waals surface area (Å²) >= 11 is 0. The number of nitrogens with two attached hydrogens (primary N) is 2. The molecule has 0 saturated heterocycles. The normalized spacial score (nSPS) is 11.1. The number of amides is 1. The highest BCUT2D eigenvalue weighted by atomic mass is 19.3. The topological polar surface area (TPSA) is 126 Å². The van der Waals surface area contributed by atoms with Crippen molar-refractivity contribution in [3.8, 4) is 11.5 Å². The lowest BCUT2D eigenvalue weighted by Gasteiger charge is -2.06. The highest BCUT2D eigenvalue weighted by molar-refractivity contribution is 5.98. The molecule has 27 heavy (non-hydrogen) atoms. The maximum atomic E-state index is 12.1. The van der Waals surface area contributed by atoms with Gasteiger partial charge < -0.3 is 25.8 Å². The van der Waals surface area contributed by atoms with E-state index in [-0.39, 0.29) is 23.8 Å². The smallest absolute Gasteiger partial charge is 0.387 e. The molecule has 0 aliphatic rings. The summed E-state index contributed by atoms with van der Waals surface area (Å²) in [6, 6.07) is 11.0. The molecule has 0 radical (unpaired) electrons. The van der Waals surface area contributed by atoms with Gasteiger partial charge in [0.05, 0.1) is 5.56 Å². The van der Waals surface area contributed by atoms with Crippen LogP contribution in [0.2, 0.25) is 0 Å². The number of oxime groups is 1. The van der Waals surface area contributed by atoms with Crippen LogP contribution in [0.3, 0.4) is 0 Å². The Morgan fingerprint density at radius 1 is 0.926 bits per heavy atom. The Labute approximate surface area is 152 Å². The van der Waals surface area contributed by atoms with Crippen LogP contribution < -0.4 is 20.9 Å². The third-order valence-corrected chi connectivity index (χ3v) is 3.07. The molecule has 2 aromatic carbocycles. The first-order valence-electron chi connectivity index (χ1n) is 7.46. The maximum Gasteiger partial charge on any atom is 0.387 e. The SMILES string of the molecule is NC(=O)COc1ccc(/C(N)=N/OC(=O)c2ccc(OC(F)F)cc2)cc1. The minimum absolute atomic E-state index is 0.0726. The monoisotopic (exact) mass is 379 g/mol. The van der Waals surface area contributed by atoms with Gasteiger partial charge in [0.25, 0.3) is 5.91 Å². The number of alkyl halides is 2. The summed E-state index contributed by atoms with van der Waals surface area (Å²) in [5.41, 5.74) is 11.2. The van der Waals surface area contributed by atoms with Gasteiger partial charge in [0.2, 0.25) is 0 Å². The Morgan fingerprint density at radius 2 is 1.48 bits per heavy atom. The molecule has 0 unspecified atom stereocenters. The maximum absolute atomic E-state index is 12.1. The standard InChI is InChI=1S/C17H15F2N3O5/c18-17(19)26-13-7-3-11(4-8-13)16(24)27-22-15(21)10-1-5-12(6-2-10)25-9-14(20)23/h1-8,17H,9H2,(H2,20,23)(H2,21,22). The molecule has 2 aromatic rings. The van der Waals surface area contributed by atoms with E-state index < -0.39 is 18.5 Å². The van der Waals surface area contributed by atoms with Gasteiger partial charge >= 0.3 is 12.6 Å². The van der Waals surface area contributed by atoms with Gasteiger partial charge in [0.1, 0.15) is 11.5 Å². The van der Waals surface area contributed by atoms with Gasteiger partial charge in [-0.3, -0.25) is 4.79 Å². The van der Waals surface area contributed by atoms with Crippen LogP contribution in [0.25, 0.3) is 0 Å². The summed E-state index contributed by atoms with van der Waals surface area (Å²) in [6.45, 7) is -3.22. The van der Waals surface area contributed by atoms with E-state index in [1.807, 2.05) is 0 Å². The van der Waals surface area contributed by atoms with Gasteiger partial charge in [-0.2, -0.15) is 8.78 Å². The summed E-state index contributed by atoms with van der Waals surface area (Å²) in [7, 11) is 0. The average Bonchev–Trinajstić information content (AvgIpc) is 2.64. The molecule has 0 atom stereocenters. The molecular formula is C17H15F2N3O5. The van der Waals surface area contributed by atoms with Crippen LogP contribution in [-0.4, -0.2) is 30.9 Å². The number of benzene rings is 2. The van der Waals surface area contributed by atoms with Crippen LogP contribution in [0, 0.1) is 0 Å². The Bertz CT molecular complexity index is 823. The molecule has 4 N–H and O–H groups in total. The van der Waals surface area contributed by atoms with Gasteiger partial charge in [-0.25, -0.2) is 4.79 Å². The molecule has 0 heterocycles. The van der Waals surface area contributed by atoms with E-state index in [4.69, 9.17) is 21.0 Å². The first-order valence-corrected chi connectivity index (χ1v) is 7.46. The molecule has 0 aromatic heterocycles. The van der Waals surface area contributed by atoms with E-state index in [1.165, 1.54) is 36.4 Å². The molecule has 10 heteroatoms. The lowest BCUT2D eigenvalue weighted by atomic mass is 10.2.